The summed E-state index contributed by atoms with van der Waals surface area (Å²) in [5, 5.41) is 0. The van der Waals surface area contributed by atoms with Crippen molar-refractivity contribution in [2.24, 2.45) is 0 Å². The van der Waals surface area contributed by atoms with E-state index in [1.807, 2.05) is 18.0 Å². The molecule has 0 spiro atoms. The summed E-state index contributed by atoms with van der Waals surface area (Å²) in [4.78, 5) is 26.0. The Kier molecular flexibility index (Phi) is 5.55. The molecule has 0 saturated carbocycles. The second-order valence-corrected chi connectivity index (χ2v) is 6.36. The summed E-state index contributed by atoms with van der Waals surface area (Å²) < 4.78 is 13.2. The van der Waals surface area contributed by atoms with Crippen LogP contribution in [0.25, 0.3) is 0 Å². The van der Waals surface area contributed by atoms with Crippen LogP contribution >= 0.6 is 0 Å². The molecule has 2 aromatic rings. The van der Waals surface area contributed by atoms with Crippen molar-refractivity contribution in [2.75, 3.05) is 44.7 Å². The Morgan fingerprint density at radius 1 is 1.16 bits per heavy atom. The lowest BCUT2D eigenvalue weighted by atomic mass is 10.2. The van der Waals surface area contributed by atoms with Crippen LogP contribution in [0.5, 0.6) is 0 Å². The number of rotatable bonds is 5. The van der Waals surface area contributed by atoms with Gasteiger partial charge in [-0.2, -0.15) is 0 Å². The first-order valence-electron chi connectivity index (χ1n) is 8.47. The molecule has 1 atom stereocenters. The van der Waals surface area contributed by atoms with Gasteiger partial charge in [-0.15, -0.1) is 0 Å². The molecule has 3 rings (SSSR count). The average Bonchev–Trinajstić information content (AvgIpc) is 2.62. The number of benzene rings is 1. The van der Waals surface area contributed by atoms with Crippen LogP contribution in [0, 0.1) is 5.82 Å². The Bertz CT molecular complexity index is 704. The molecule has 1 aromatic carbocycles. The first-order chi connectivity index (χ1) is 12.1. The number of hydrogen-bond donors (Lipinski definition) is 1. The van der Waals surface area contributed by atoms with Gasteiger partial charge in [-0.3, -0.25) is 4.79 Å². The number of hydrogen-bond acceptors (Lipinski definition) is 4. The first kappa shape index (κ1) is 17.3. The lowest BCUT2D eigenvalue weighted by Gasteiger charge is -2.34. The first-order valence-corrected chi connectivity index (χ1v) is 8.47. The number of amides is 1. The van der Waals surface area contributed by atoms with Crippen molar-refractivity contribution in [2.45, 2.75) is 6.54 Å². The van der Waals surface area contributed by atoms with Crippen LogP contribution in [0.3, 0.4) is 0 Å². The SMILES string of the molecule is C[NH+](CC(=O)N1CCN(c2ncccn2)CC1)Cc1cccc(F)c1. The average molecular weight is 344 g/mol. The number of halogens is 1. The molecule has 1 aromatic heterocycles. The van der Waals surface area contributed by atoms with Gasteiger partial charge in [0, 0.05) is 44.1 Å². The van der Waals surface area contributed by atoms with Gasteiger partial charge in [0.1, 0.15) is 12.4 Å². The third-order valence-electron chi connectivity index (χ3n) is 4.32. The number of nitrogens with zero attached hydrogens (tertiary/aromatic N) is 4. The zero-order valence-electron chi connectivity index (χ0n) is 14.4. The third kappa shape index (κ3) is 4.73. The maximum atomic E-state index is 13.2. The highest BCUT2D eigenvalue weighted by atomic mass is 19.1. The standard InChI is InChI=1S/C18H22FN5O/c1-22(13-15-4-2-5-16(19)12-15)14-17(25)23-8-10-24(11-9-23)18-20-6-3-7-21-18/h2-7,12H,8-11,13-14H2,1H3/p+1. The topological polar surface area (TPSA) is 53.8 Å². The van der Waals surface area contributed by atoms with E-state index < -0.39 is 0 Å². The van der Waals surface area contributed by atoms with Gasteiger partial charge in [0.2, 0.25) is 5.95 Å². The smallest absolute Gasteiger partial charge is 0.277 e. The summed E-state index contributed by atoms with van der Waals surface area (Å²) >= 11 is 0. The number of likely N-dealkylation sites (N-methyl/N-ethyl adjacent to an activating group) is 1. The fraction of sp³-hybridized carbons (Fsp3) is 0.389. The highest BCUT2D eigenvalue weighted by Gasteiger charge is 2.24. The van der Waals surface area contributed by atoms with Gasteiger partial charge in [0.05, 0.1) is 7.05 Å². The minimum atomic E-state index is -0.240. The molecule has 6 nitrogen and oxygen atoms in total. The van der Waals surface area contributed by atoms with Crippen LogP contribution in [-0.4, -0.2) is 60.5 Å². The number of aromatic nitrogens is 2. The molecule has 1 fully saturated rings. The summed E-state index contributed by atoms with van der Waals surface area (Å²) in [6, 6.07) is 8.33. The summed E-state index contributed by atoms with van der Waals surface area (Å²) in [5.41, 5.74) is 0.899. The normalized spacial score (nSPS) is 15.9. The van der Waals surface area contributed by atoms with Crippen LogP contribution in [0.2, 0.25) is 0 Å². The van der Waals surface area contributed by atoms with Gasteiger partial charge < -0.3 is 14.7 Å². The van der Waals surface area contributed by atoms with E-state index in [4.69, 9.17) is 0 Å². The molecular formula is C18H23FN5O+. The zero-order valence-corrected chi connectivity index (χ0v) is 14.4. The predicted octanol–water partition coefficient (Wildman–Crippen LogP) is -0.0208. The molecule has 1 aliphatic heterocycles. The third-order valence-corrected chi connectivity index (χ3v) is 4.32. The highest BCUT2D eigenvalue weighted by molar-refractivity contribution is 5.77. The summed E-state index contributed by atoms with van der Waals surface area (Å²) in [7, 11) is 1.96. The molecule has 2 heterocycles. The van der Waals surface area contributed by atoms with E-state index in [1.54, 1.807) is 24.5 Å². The van der Waals surface area contributed by atoms with Gasteiger partial charge >= 0.3 is 0 Å². The van der Waals surface area contributed by atoms with Crippen LogP contribution in [-0.2, 0) is 11.3 Å². The van der Waals surface area contributed by atoms with Crippen LogP contribution in [0.4, 0.5) is 10.3 Å². The highest BCUT2D eigenvalue weighted by Crippen LogP contribution is 2.09. The van der Waals surface area contributed by atoms with Crippen molar-refractivity contribution >= 4 is 11.9 Å². The fourth-order valence-electron chi connectivity index (χ4n) is 3.04. The van der Waals surface area contributed by atoms with Crippen molar-refractivity contribution in [3.8, 4) is 0 Å². The Morgan fingerprint density at radius 2 is 1.88 bits per heavy atom. The van der Waals surface area contributed by atoms with Gasteiger partial charge in [-0.05, 0) is 18.2 Å². The molecule has 1 aliphatic rings. The minimum absolute atomic E-state index is 0.127. The molecule has 0 radical (unpaired) electrons. The summed E-state index contributed by atoms with van der Waals surface area (Å²) in [5.74, 6) is 0.599. The second-order valence-electron chi connectivity index (χ2n) is 6.36. The molecule has 7 heteroatoms. The van der Waals surface area contributed by atoms with Crippen LogP contribution < -0.4 is 9.80 Å². The fourth-order valence-corrected chi connectivity index (χ4v) is 3.04. The van der Waals surface area contributed by atoms with E-state index in [2.05, 4.69) is 14.9 Å². The van der Waals surface area contributed by atoms with E-state index in [0.29, 0.717) is 32.1 Å². The number of nitrogens with one attached hydrogen (secondary N) is 1. The lowest BCUT2D eigenvalue weighted by molar-refractivity contribution is -0.885. The Balaban J connectivity index is 1.47. The molecule has 1 N–H and O–H groups in total. The summed E-state index contributed by atoms with van der Waals surface area (Å²) in [6.45, 7) is 3.84. The monoisotopic (exact) mass is 344 g/mol. The Morgan fingerprint density at radius 3 is 2.56 bits per heavy atom. The van der Waals surface area contributed by atoms with Crippen molar-refractivity contribution < 1.29 is 14.1 Å². The van der Waals surface area contributed by atoms with Gasteiger partial charge in [-0.1, -0.05) is 12.1 Å². The zero-order chi connectivity index (χ0) is 17.6. The van der Waals surface area contributed by atoms with Crippen LogP contribution in [0.1, 0.15) is 5.56 Å². The molecule has 1 unspecified atom stereocenters. The van der Waals surface area contributed by atoms with E-state index in [9.17, 15) is 9.18 Å². The Hall–Kier alpha value is -2.54. The van der Waals surface area contributed by atoms with Gasteiger partial charge in [-0.25, -0.2) is 14.4 Å². The van der Waals surface area contributed by atoms with Crippen molar-refractivity contribution in [3.05, 3.63) is 54.1 Å². The quantitative estimate of drug-likeness (QED) is 0.828. The number of piperazine rings is 1. The molecule has 132 valence electrons. The molecule has 1 amide bonds. The molecular weight excluding hydrogens is 321 g/mol. The van der Waals surface area contributed by atoms with E-state index in [-0.39, 0.29) is 11.7 Å². The van der Waals surface area contributed by atoms with Crippen molar-refractivity contribution in [3.63, 3.8) is 0 Å². The maximum absolute atomic E-state index is 13.2. The Labute approximate surface area is 146 Å². The molecule has 0 aliphatic carbocycles. The number of quaternary nitrogens is 1. The molecule has 0 bridgehead atoms. The summed E-state index contributed by atoms with van der Waals surface area (Å²) in [6.07, 6.45) is 3.45. The number of carbonyl (C=O) groups excluding carboxylic acids is 1. The minimum Gasteiger partial charge on any atom is -0.337 e. The maximum Gasteiger partial charge on any atom is 0.277 e. The van der Waals surface area contributed by atoms with Gasteiger partial charge in [0.25, 0.3) is 5.91 Å². The van der Waals surface area contributed by atoms with Crippen molar-refractivity contribution in [1.82, 2.24) is 14.9 Å². The second kappa shape index (κ2) is 8.02. The molecule has 1 saturated heterocycles. The van der Waals surface area contributed by atoms with E-state index >= 15 is 0 Å². The van der Waals surface area contributed by atoms with E-state index in [0.717, 1.165) is 23.6 Å². The van der Waals surface area contributed by atoms with Gasteiger partial charge in [0.15, 0.2) is 6.54 Å². The largest absolute Gasteiger partial charge is 0.337 e. The van der Waals surface area contributed by atoms with Crippen molar-refractivity contribution in [1.29, 1.82) is 0 Å². The number of carbonyl (C=O) groups is 1. The number of anilines is 1. The van der Waals surface area contributed by atoms with Crippen LogP contribution in [0.15, 0.2) is 42.7 Å². The molecule has 25 heavy (non-hydrogen) atoms. The predicted molar refractivity (Wildman–Crippen MR) is 92.7 cm³/mol. The van der Waals surface area contributed by atoms with E-state index in [1.165, 1.54) is 12.1 Å². The lowest BCUT2D eigenvalue weighted by Crippen LogP contribution is -3.09.